The number of ether oxygens (including phenoxy) is 1. The average Bonchev–Trinajstić information content (AvgIpc) is 3.52. The van der Waals surface area contributed by atoms with Gasteiger partial charge in [-0.2, -0.15) is 0 Å². The number of furan rings is 1. The van der Waals surface area contributed by atoms with E-state index in [2.05, 4.69) is 36.9 Å². The van der Waals surface area contributed by atoms with E-state index in [0.29, 0.717) is 18.5 Å². The second-order valence-electron chi connectivity index (χ2n) is 9.20. The Labute approximate surface area is 217 Å². The lowest BCUT2D eigenvalue weighted by molar-refractivity contribution is -0.159. The number of benzene rings is 2. The monoisotopic (exact) mass is 526 g/mol. The molecule has 196 valence electrons. The molecular formula is C27H30N2O7S. The Morgan fingerprint density at radius 3 is 2.65 bits per heavy atom. The summed E-state index contributed by atoms with van der Waals surface area (Å²) in [5.74, 6) is -2.40. The Hall–Kier alpha value is -3.47. The number of β-amino-alcohol motifs (C(OH)–C–C–N with tert-alkyl or cyclic N) is 1. The van der Waals surface area contributed by atoms with Gasteiger partial charge in [0.25, 0.3) is 0 Å². The van der Waals surface area contributed by atoms with Crippen molar-refractivity contribution in [2.24, 2.45) is 0 Å². The summed E-state index contributed by atoms with van der Waals surface area (Å²) in [6.07, 6.45) is 3.27. The molecule has 9 nitrogen and oxygen atoms in total. The van der Waals surface area contributed by atoms with Crippen molar-refractivity contribution < 1.29 is 34.1 Å². The normalized spacial score (nSPS) is 18.8. The molecule has 0 spiro atoms. The predicted molar refractivity (Wildman–Crippen MR) is 140 cm³/mol. The van der Waals surface area contributed by atoms with Crippen LogP contribution in [0.5, 0.6) is 5.75 Å². The quantitative estimate of drug-likeness (QED) is 0.310. The molecule has 2 aromatic carbocycles. The van der Waals surface area contributed by atoms with Crippen LogP contribution in [-0.4, -0.2) is 69.0 Å². The third-order valence-electron chi connectivity index (χ3n) is 6.52. The summed E-state index contributed by atoms with van der Waals surface area (Å²) in [5, 5.41) is 27.6. The molecular weight excluding hydrogens is 496 g/mol. The first-order valence-electron chi connectivity index (χ1n) is 12.1. The number of carbonyl (C=O) groups is 2. The van der Waals surface area contributed by atoms with Crippen LogP contribution >= 0.6 is 11.3 Å². The van der Waals surface area contributed by atoms with Gasteiger partial charge < -0.3 is 24.5 Å². The number of carboxylic acids is 2. The van der Waals surface area contributed by atoms with E-state index in [1.807, 2.05) is 35.6 Å². The molecule has 2 aromatic heterocycles. The van der Waals surface area contributed by atoms with Crippen LogP contribution in [-0.2, 0) is 9.59 Å². The number of rotatable bonds is 6. The van der Waals surface area contributed by atoms with Gasteiger partial charge in [0.1, 0.15) is 24.0 Å². The highest BCUT2D eigenvalue weighted by Gasteiger charge is 2.29. The molecule has 4 aromatic rings. The molecule has 1 fully saturated rings. The molecule has 3 heterocycles. The maximum Gasteiger partial charge on any atom is 0.414 e. The Kier molecular flexibility index (Phi) is 8.42. The predicted octanol–water partition coefficient (Wildman–Crippen LogP) is 4.51. The summed E-state index contributed by atoms with van der Waals surface area (Å²) in [5.41, 5.74) is 3.20. The first-order valence-corrected chi connectivity index (χ1v) is 12.9. The van der Waals surface area contributed by atoms with Gasteiger partial charge in [0.05, 0.1) is 26.9 Å². The summed E-state index contributed by atoms with van der Waals surface area (Å²) in [4.78, 5) is 25.5. The van der Waals surface area contributed by atoms with Crippen molar-refractivity contribution in [2.45, 2.75) is 44.8 Å². The number of aliphatic hydroxyl groups is 1. The number of thiazole rings is 1. The molecule has 2 unspecified atom stereocenters. The molecule has 3 N–H and O–H groups in total. The summed E-state index contributed by atoms with van der Waals surface area (Å²) in [7, 11) is 0. The van der Waals surface area contributed by atoms with E-state index in [0.717, 1.165) is 41.6 Å². The number of aliphatic carboxylic acids is 2. The lowest BCUT2D eigenvalue weighted by Gasteiger charge is -2.38. The summed E-state index contributed by atoms with van der Waals surface area (Å²) in [6.45, 7) is 6.25. The van der Waals surface area contributed by atoms with Crippen molar-refractivity contribution in [3.05, 3.63) is 59.3 Å². The van der Waals surface area contributed by atoms with Crippen molar-refractivity contribution in [2.75, 3.05) is 19.7 Å². The average molecular weight is 527 g/mol. The van der Waals surface area contributed by atoms with E-state index < -0.39 is 18.0 Å². The molecule has 0 bridgehead atoms. The van der Waals surface area contributed by atoms with Gasteiger partial charge in [-0.3, -0.25) is 4.90 Å². The molecule has 0 amide bonds. The first kappa shape index (κ1) is 26.6. The molecule has 1 saturated heterocycles. The number of hydrogen-bond donors (Lipinski definition) is 3. The molecule has 5 rings (SSSR count). The van der Waals surface area contributed by atoms with E-state index in [4.69, 9.17) is 33.9 Å². The number of likely N-dealkylation sites (tertiary alicyclic amines) is 1. The standard InChI is InChI=1S/C25H28N2O3S.C2H2O4/c1-16-5-3-8-23-24(16)26-25(31-23)18-9-11-27(17(2)13-18)14-19(28)15-30-22-7-4-6-21-20(22)10-12-29-21;3-1(4)2(5)6/h3-8,10,12,17-19,28H,9,11,13-15H2,1-2H3;(H,3,4)(H,5,6)/t17?,18?,19-;/m0./s1. The fourth-order valence-corrected chi connectivity index (χ4v) is 5.79. The van der Waals surface area contributed by atoms with Gasteiger partial charge in [-0.1, -0.05) is 18.2 Å². The number of nitrogens with zero attached hydrogens (tertiary/aromatic N) is 2. The number of hydrogen-bond acceptors (Lipinski definition) is 8. The lowest BCUT2D eigenvalue weighted by Crippen LogP contribution is -2.45. The zero-order chi connectivity index (χ0) is 26.5. The SMILES string of the molecule is Cc1cccc2sc(C3CCN(C[C@H](O)COc4cccc5occc45)C(C)C3)nc12.O=C(O)C(=O)O. The maximum atomic E-state index is 10.6. The van der Waals surface area contributed by atoms with E-state index >= 15 is 0 Å². The fourth-order valence-electron chi connectivity index (χ4n) is 4.60. The second kappa shape index (κ2) is 11.7. The summed E-state index contributed by atoms with van der Waals surface area (Å²) < 4.78 is 12.6. The van der Waals surface area contributed by atoms with Crippen LogP contribution in [0.2, 0.25) is 0 Å². The number of piperidine rings is 1. The number of aromatic nitrogens is 1. The van der Waals surface area contributed by atoms with Crippen molar-refractivity contribution >= 4 is 44.5 Å². The zero-order valence-electron chi connectivity index (χ0n) is 20.7. The minimum absolute atomic E-state index is 0.272. The van der Waals surface area contributed by atoms with Gasteiger partial charge in [-0.25, -0.2) is 14.6 Å². The molecule has 37 heavy (non-hydrogen) atoms. The number of para-hydroxylation sites is 1. The van der Waals surface area contributed by atoms with Crippen LogP contribution < -0.4 is 4.74 Å². The van der Waals surface area contributed by atoms with Crippen molar-refractivity contribution in [3.63, 3.8) is 0 Å². The maximum absolute atomic E-state index is 10.6. The molecule has 1 aliphatic heterocycles. The molecule has 1 aliphatic rings. The van der Waals surface area contributed by atoms with Crippen LogP contribution in [0.1, 0.15) is 36.3 Å². The largest absolute Gasteiger partial charge is 0.490 e. The second-order valence-corrected chi connectivity index (χ2v) is 10.3. The summed E-state index contributed by atoms with van der Waals surface area (Å²) in [6, 6.07) is 14.4. The minimum Gasteiger partial charge on any atom is -0.490 e. The topological polar surface area (TPSA) is 133 Å². The number of aryl methyl sites for hydroxylation is 1. The molecule has 3 atom stereocenters. The number of carboxylic acid groups (broad SMARTS) is 2. The molecule has 0 aliphatic carbocycles. The smallest absolute Gasteiger partial charge is 0.414 e. The highest BCUT2D eigenvalue weighted by Crippen LogP contribution is 2.36. The fraction of sp³-hybridized carbons (Fsp3) is 0.370. The molecule has 0 saturated carbocycles. The Morgan fingerprint density at radius 2 is 1.95 bits per heavy atom. The molecule has 10 heteroatoms. The van der Waals surface area contributed by atoms with Crippen molar-refractivity contribution in [1.29, 1.82) is 0 Å². The van der Waals surface area contributed by atoms with Crippen molar-refractivity contribution in [1.82, 2.24) is 9.88 Å². The van der Waals surface area contributed by atoms with E-state index in [1.165, 1.54) is 15.3 Å². The van der Waals surface area contributed by atoms with Gasteiger partial charge in [-0.05, 0) is 63.1 Å². The highest BCUT2D eigenvalue weighted by atomic mass is 32.1. The third-order valence-corrected chi connectivity index (χ3v) is 7.70. The number of fused-ring (bicyclic) bond motifs is 2. The van der Waals surface area contributed by atoms with Crippen LogP contribution in [0.15, 0.2) is 53.1 Å². The zero-order valence-corrected chi connectivity index (χ0v) is 21.5. The minimum atomic E-state index is -1.82. The van der Waals surface area contributed by atoms with Crippen LogP contribution in [0.25, 0.3) is 21.2 Å². The van der Waals surface area contributed by atoms with Gasteiger partial charge >= 0.3 is 11.9 Å². The Balaban J connectivity index is 0.000000480. The van der Waals surface area contributed by atoms with E-state index in [9.17, 15) is 5.11 Å². The molecule has 0 radical (unpaired) electrons. The van der Waals surface area contributed by atoms with Crippen LogP contribution in [0.3, 0.4) is 0 Å². The number of aliphatic hydroxyl groups excluding tert-OH is 1. The summed E-state index contributed by atoms with van der Waals surface area (Å²) >= 11 is 1.84. The van der Waals surface area contributed by atoms with Gasteiger partial charge in [0.15, 0.2) is 0 Å². The van der Waals surface area contributed by atoms with Crippen molar-refractivity contribution in [3.8, 4) is 5.75 Å². The Bertz CT molecular complexity index is 1370. The van der Waals surface area contributed by atoms with Crippen LogP contribution in [0.4, 0.5) is 0 Å². The Morgan fingerprint density at radius 1 is 1.19 bits per heavy atom. The van der Waals surface area contributed by atoms with Crippen LogP contribution in [0, 0.1) is 6.92 Å². The first-order chi connectivity index (χ1) is 17.7. The van der Waals surface area contributed by atoms with Gasteiger partial charge in [-0.15, -0.1) is 11.3 Å². The van der Waals surface area contributed by atoms with Gasteiger partial charge in [0.2, 0.25) is 0 Å². The third kappa shape index (κ3) is 6.46. The van der Waals surface area contributed by atoms with E-state index in [1.54, 1.807) is 6.26 Å². The highest BCUT2D eigenvalue weighted by molar-refractivity contribution is 7.18. The van der Waals surface area contributed by atoms with E-state index in [-0.39, 0.29) is 6.61 Å². The van der Waals surface area contributed by atoms with Gasteiger partial charge in [0, 0.05) is 18.5 Å². The lowest BCUT2D eigenvalue weighted by atomic mass is 9.92.